The highest BCUT2D eigenvalue weighted by molar-refractivity contribution is 5.92. The van der Waals surface area contributed by atoms with Gasteiger partial charge in [0.15, 0.2) is 0 Å². The van der Waals surface area contributed by atoms with Gasteiger partial charge in [-0.15, -0.1) is 0 Å². The minimum Gasteiger partial charge on any atom is -0.467 e. The highest BCUT2D eigenvalue weighted by Gasteiger charge is 2.09. The van der Waals surface area contributed by atoms with Crippen LogP contribution in [0.3, 0.4) is 0 Å². The number of hydrogen-bond acceptors (Lipinski definition) is 5. The Bertz CT molecular complexity index is 1040. The number of H-pyrrole nitrogens is 1. The van der Waals surface area contributed by atoms with E-state index in [4.69, 9.17) is 4.42 Å². The Hall–Kier alpha value is -3.61. The first-order valence-corrected chi connectivity index (χ1v) is 8.71. The van der Waals surface area contributed by atoms with E-state index in [9.17, 15) is 4.79 Å². The minimum atomic E-state index is -0.224. The van der Waals surface area contributed by atoms with E-state index in [2.05, 4.69) is 31.7 Å². The van der Waals surface area contributed by atoms with Gasteiger partial charge in [-0.2, -0.15) is 0 Å². The van der Waals surface area contributed by atoms with E-state index in [0.717, 1.165) is 17.7 Å². The summed E-state index contributed by atoms with van der Waals surface area (Å²) in [4.78, 5) is 23.8. The lowest BCUT2D eigenvalue weighted by atomic mass is 10.1. The lowest BCUT2D eigenvalue weighted by Gasteiger charge is -2.07. The molecule has 0 saturated heterocycles. The number of anilines is 1. The molecular formula is C20H19N5O2. The highest BCUT2D eigenvalue weighted by Crippen LogP contribution is 2.17. The van der Waals surface area contributed by atoms with Crippen molar-refractivity contribution in [3.8, 4) is 0 Å². The summed E-state index contributed by atoms with van der Waals surface area (Å²) in [5.41, 5.74) is 2.60. The van der Waals surface area contributed by atoms with Crippen molar-refractivity contribution in [1.29, 1.82) is 0 Å². The second-order valence-corrected chi connectivity index (χ2v) is 6.09. The zero-order valence-corrected chi connectivity index (χ0v) is 14.6. The van der Waals surface area contributed by atoms with Crippen LogP contribution in [0.4, 0.5) is 5.82 Å². The van der Waals surface area contributed by atoms with Crippen molar-refractivity contribution in [3.63, 3.8) is 0 Å². The summed E-state index contributed by atoms with van der Waals surface area (Å²) in [7, 11) is 0. The number of furan rings is 1. The largest absolute Gasteiger partial charge is 0.467 e. The number of nitrogens with zero attached hydrogens (tertiary/aromatic N) is 2. The van der Waals surface area contributed by atoms with Gasteiger partial charge in [-0.05, 0) is 30.2 Å². The van der Waals surface area contributed by atoms with Gasteiger partial charge in [0.2, 0.25) is 0 Å². The van der Waals surface area contributed by atoms with Crippen LogP contribution in [0.1, 0.15) is 21.8 Å². The van der Waals surface area contributed by atoms with Gasteiger partial charge in [-0.25, -0.2) is 9.97 Å². The maximum Gasteiger partial charge on any atom is 0.270 e. The monoisotopic (exact) mass is 361 g/mol. The van der Waals surface area contributed by atoms with E-state index < -0.39 is 0 Å². The summed E-state index contributed by atoms with van der Waals surface area (Å²) >= 11 is 0. The quantitative estimate of drug-likeness (QED) is 0.470. The maximum atomic E-state index is 12.4. The molecule has 4 rings (SSSR count). The van der Waals surface area contributed by atoms with Crippen molar-refractivity contribution in [3.05, 3.63) is 78.3 Å². The van der Waals surface area contributed by atoms with E-state index in [1.54, 1.807) is 12.3 Å². The van der Waals surface area contributed by atoms with Gasteiger partial charge in [-0.1, -0.05) is 18.2 Å². The third-order valence-corrected chi connectivity index (χ3v) is 4.28. The van der Waals surface area contributed by atoms with Crippen LogP contribution in [-0.2, 0) is 13.0 Å². The molecule has 0 aliphatic heterocycles. The molecule has 3 aromatic heterocycles. The summed E-state index contributed by atoms with van der Waals surface area (Å²) in [6.45, 7) is 1.02. The minimum absolute atomic E-state index is 0.224. The molecule has 0 unspecified atom stereocenters. The van der Waals surface area contributed by atoms with Gasteiger partial charge >= 0.3 is 0 Å². The predicted octanol–water partition coefficient (Wildman–Crippen LogP) is 3.14. The molecule has 0 aliphatic carbocycles. The zero-order valence-electron chi connectivity index (χ0n) is 14.6. The normalized spacial score (nSPS) is 10.8. The zero-order chi connectivity index (χ0) is 18.5. The number of rotatable bonds is 7. The van der Waals surface area contributed by atoms with E-state index in [0.29, 0.717) is 24.6 Å². The highest BCUT2D eigenvalue weighted by atomic mass is 16.3. The van der Waals surface area contributed by atoms with Crippen molar-refractivity contribution in [1.82, 2.24) is 20.3 Å². The third kappa shape index (κ3) is 3.98. The van der Waals surface area contributed by atoms with Gasteiger partial charge in [0.25, 0.3) is 5.91 Å². The lowest BCUT2D eigenvalue weighted by molar-refractivity contribution is 0.0949. The number of carbonyl (C=O) groups is 1. The number of para-hydroxylation sites is 1. The Morgan fingerprint density at radius 1 is 1.15 bits per heavy atom. The number of carbonyl (C=O) groups excluding carboxylic acids is 1. The molecule has 1 aromatic carbocycles. The van der Waals surface area contributed by atoms with Crippen LogP contribution in [0.15, 0.2) is 65.7 Å². The summed E-state index contributed by atoms with van der Waals surface area (Å²) < 4.78 is 5.26. The predicted molar refractivity (Wildman–Crippen MR) is 102 cm³/mol. The molecule has 27 heavy (non-hydrogen) atoms. The average molecular weight is 361 g/mol. The number of nitrogens with one attached hydrogen (secondary N) is 3. The molecule has 7 heteroatoms. The van der Waals surface area contributed by atoms with Crippen molar-refractivity contribution in [2.24, 2.45) is 0 Å². The van der Waals surface area contributed by atoms with Crippen molar-refractivity contribution in [2.45, 2.75) is 13.0 Å². The summed E-state index contributed by atoms with van der Waals surface area (Å²) in [5.74, 6) is 1.14. The molecule has 136 valence electrons. The van der Waals surface area contributed by atoms with Crippen LogP contribution in [0.25, 0.3) is 10.9 Å². The van der Waals surface area contributed by atoms with Gasteiger partial charge < -0.3 is 20.0 Å². The summed E-state index contributed by atoms with van der Waals surface area (Å²) in [6.07, 6.45) is 5.71. The van der Waals surface area contributed by atoms with Crippen LogP contribution < -0.4 is 10.6 Å². The molecule has 0 radical (unpaired) electrons. The fourth-order valence-electron chi connectivity index (χ4n) is 2.91. The first kappa shape index (κ1) is 16.8. The first-order chi connectivity index (χ1) is 13.3. The standard InChI is InChI=1S/C20H19N5O2/c26-20(21-8-7-14-11-22-17-6-2-1-5-16(14)17)18-10-19(25-13-24-18)23-12-15-4-3-9-27-15/h1-6,9-11,13,22H,7-8,12H2,(H,21,26)(H,23,24,25). The van der Waals surface area contributed by atoms with E-state index in [1.807, 2.05) is 36.5 Å². The number of benzene rings is 1. The molecule has 0 aliphatic rings. The van der Waals surface area contributed by atoms with Crippen LogP contribution in [-0.4, -0.2) is 27.4 Å². The number of fused-ring (bicyclic) bond motifs is 1. The molecule has 0 fully saturated rings. The van der Waals surface area contributed by atoms with E-state index >= 15 is 0 Å². The molecule has 7 nitrogen and oxygen atoms in total. The smallest absolute Gasteiger partial charge is 0.270 e. The third-order valence-electron chi connectivity index (χ3n) is 4.28. The fourth-order valence-corrected chi connectivity index (χ4v) is 2.91. The summed E-state index contributed by atoms with van der Waals surface area (Å²) in [6, 6.07) is 13.4. The number of aromatic nitrogens is 3. The second-order valence-electron chi connectivity index (χ2n) is 6.09. The van der Waals surface area contributed by atoms with Gasteiger partial charge in [-0.3, -0.25) is 4.79 Å². The molecule has 3 heterocycles. The molecule has 0 saturated carbocycles. The molecule has 0 spiro atoms. The number of amides is 1. The van der Waals surface area contributed by atoms with Gasteiger partial charge in [0, 0.05) is 29.7 Å². The topological polar surface area (TPSA) is 95.8 Å². The molecule has 3 N–H and O–H groups in total. The number of aromatic amines is 1. The Balaban J connectivity index is 1.33. The second kappa shape index (κ2) is 7.74. The van der Waals surface area contributed by atoms with Crippen molar-refractivity contribution in [2.75, 3.05) is 11.9 Å². The van der Waals surface area contributed by atoms with E-state index in [-0.39, 0.29) is 5.91 Å². The SMILES string of the molecule is O=C(NCCc1c[nH]c2ccccc12)c1cc(NCc2ccco2)ncn1. The molecule has 4 aromatic rings. The van der Waals surface area contributed by atoms with Crippen LogP contribution in [0.5, 0.6) is 0 Å². The Morgan fingerprint density at radius 3 is 2.96 bits per heavy atom. The van der Waals surface area contributed by atoms with Gasteiger partial charge in [0.1, 0.15) is 23.6 Å². The number of hydrogen-bond donors (Lipinski definition) is 3. The average Bonchev–Trinajstić information content (AvgIpc) is 3.37. The Morgan fingerprint density at radius 2 is 2.07 bits per heavy atom. The van der Waals surface area contributed by atoms with Crippen molar-refractivity contribution >= 4 is 22.6 Å². The van der Waals surface area contributed by atoms with Gasteiger partial charge in [0.05, 0.1) is 12.8 Å². The van der Waals surface area contributed by atoms with E-state index in [1.165, 1.54) is 17.3 Å². The first-order valence-electron chi connectivity index (χ1n) is 8.71. The molecule has 1 amide bonds. The Labute approximate surface area is 155 Å². The maximum absolute atomic E-state index is 12.4. The van der Waals surface area contributed by atoms with Crippen molar-refractivity contribution < 1.29 is 9.21 Å². The lowest BCUT2D eigenvalue weighted by Crippen LogP contribution is -2.26. The fraction of sp³-hybridized carbons (Fsp3) is 0.150. The molecule has 0 bridgehead atoms. The molecular weight excluding hydrogens is 342 g/mol. The van der Waals surface area contributed by atoms with Crippen LogP contribution >= 0.6 is 0 Å². The summed E-state index contributed by atoms with van der Waals surface area (Å²) in [5, 5.41) is 7.20. The molecule has 0 atom stereocenters. The van der Waals surface area contributed by atoms with Crippen LogP contribution in [0.2, 0.25) is 0 Å². The Kier molecular flexibility index (Phi) is 4.82. The van der Waals surface area contributed by atoms with Crippen LogP contribution in [0, 0.1) is 0 Å².